The predicted octanol–water partition coefficient (Wildman–Crippen LogP) is 2.48. The molecule has 0 saturated carbocycles. The van der Waals surface area contributed by atoms with Gasteiger partial charge in [0.15, 0.2) is 0 Å². The Bertz CT molecular complexity index is 368. The third kappa shape index (κ3) is 3.77. The Labute approximate surface area is 108 Å². The fraction of sp³-hybridized carbons (Fsp3) is 0.667. The summed E-state index contributed by atoms with van der Waals surface area (Å²) in [4.78, 5) is 8.76. The molecule has 0 spiro atoms. The molecule has 0 aromatic carbocycles. The minimum absolute atomic E-state index is 0.433. The van der Waals surface area contributed by atoms with Gasteiger partial charge in [-0.05, 0) is 19.6 Å². The van der Waals surface area contributed by atoms with Crippen LogP contribution in [0.5, 0.6) is 0 Å². The first-order valence-electron chi connectivity index (χ1n) is 6.00. The first-order valence-corrected chi connectivity index (χ1v) is 7.40. The molecule has 3 N–H and O–H groups in total. The van der Waals surface area contributed by atoms with Crippen molar-refractivity contribution in [3.8, 4) is 0 Å². The van der Waals surface area contributed by atoms with Crippen LogP contribution in [0.15, 0.2) is 0 Å². The minimum Gasteiger partial charge on any atom is -0.383 e. The number of thioether (sulfide) groups is 1. The van der Waals surface area contributed by atoms with Gasteiger partial charge in [-0.1, -0.05) is 13.8 Å². The monoisotopic (exact) mass is 254 g/mol. The predicted molar refractivity (Wildman–Crippen MR) is 76.6 cm³/mol. The van der Waals surface area contributed by atoms with E-state index in [1.165, 1.54) is 0 Å². The van der Waals surface area contributed by atoms with Gasteiger partial charge in [0, 0.05) is 23.8 Å². The molecular weight excluding hydrogens is 232 g/mol. The molecule has 1 atom stereocenters. The molecule has 0 saturated heterocycles. The summed E-state index contributed by atoms with van der Waals surface area (Å²) in [5, 5.41) is 3.46. The molecule has 0 amide bonds. The molecule has 1 aromatic heterocycles. The van der Waals surface area contributed by atoms with Crippen molar-refractivity contribution in [2.45, 2.75) is 39.7 Å². The average molecular weight is 254 g/mol. The standard InChI is InChI=1S/C12H22N4S/c1-5-9(7-17-4)14-12-8(3)11(13)15-10(6-2)16-12/h9H,5-7H2,1-4H3,(H3,13,14,15,16). The van der Waals surface area contributed by atoms with Crippen LogP contribution in [0.1, 0.15) is 31.7 Å². The topological polar surface area (TPSA) is 63.8 Å². The summed E-state index contributed by atoms with van der Waals surface area (Å²) >= 11 is 1.84. The summed E-state index contributed by atoms with van der Waals surface area (Å²) in [6.45, 7) is 6.17. The molecule has 96 valence electrons. The lowest BCUT2D eigenvalue weighted by molar-refractivity contribution is 0.764. The summed E-state index contributed by atoms with van der Waals surface area (Å²) in [6, 6.07) is 0.433. The molecule has 17 heavy (non-hydrogen) atoms. The van der Waals surface area contributed by atoms with E-state index in [1.54, 1.807) is 0 Å². The zero-order valence-corrected chi connectivity index (χ0v) is 11.9. The molecule has 0 aliphatic carbocycles. The molecule has 1 heterocycles. The van der Waals surface area contributed by atoms with Gasteiger partial charge in [-0.2, -0.15) is 11.8 Å². The quantitative estimate of drug-likeness (QED) is 0.816. The van der Waals surface area contributed by atoms with Crippen LogP contribution < -0.4 is 11.1 Å². The number of nitrogens with two attached hydrogens (primary N) is 1. The lowest BCUT2D eigenvalue weighted by Crippen LogP contribution is -2.23. The van der Waals surface area contributed by atoms with Gasteiger partial charge in [0.05, 0.1) is 0 Å². The molecule has 0 fully saturated rings. The van der Waals surface area contributed by atoms with Gasteiger partial charge in [0.1, 0.15) is 17.5 Å². The highest BCUT2D eigenvalue weighted by Crippen LogP contribution is 2.19. The summed E-state index contributed by atoms with van der Waals surface area (Å²) in [5.74, 6) is 3.34. The van der Waals surface area contributed by atoms with Crippen LogP contribution in [0.25, 0.3) is 0 Å². The zero-order valence-electron chi connectivity index (χ0n) is 11.1. The molecule has 5 heteroatoms. The minimum atomic E-state index is 0.433. The summed E-state index contributed by atoms with van der Waals surface area (Å²) < 4.78 is 0. The van der Waals surface area contributed by atoms with Crippen molar-refractivity contribution in [2.24, 2.45) is 0 Å². The van der Waals surface area contributed by atoms with Gasteiger partial charge in [0.25, 0.3) is 0 Å². The van der Waals surface area contributed by atoms with Crippen molar-refractivity contribution >= 4 is 23.4 Å². The van der Waals surface area contributed by atoms with Crippen LogP contribution >= 0.6 is 11.8 Å². The number of aromatic nitrogens is 2. The van der Waals surface area contributed by atoms with Crippen molar-refractivity contribution in [1.82, 2.24) is 9.97 Å². The number of rotatable bonds is 6. The Kier molecular flexibility index (Phi) is 5.55. The van der Waals surface area contributed by atoms with Gasteiger partial charge in [0.2, 0.25) is 0 Å². The highest BCUT2D eigenvalue weighted by Gasteiger charge is 2.11. The number of aryl methyl sites for hydroxylation is 1. The molecule has 1 aromatic rings. The van der Waals surface area contributed by atoms with E-state index in [4.69, 9.17) is 5.73 Å². The summed E-state index contributed by atoms with van der Waals surface area (Å²) in [5.41, 5.74) is 6.84. The lowest BCUT2D eigenvalue weighted by atomic mass is 10.2. The molecule has 4 nitrogen and oxygen atoms in total. The molecule has 0 aliphatic heterocycles. The van der Waals surface area contributed by atoms with E-state index in [0.717, 1.165) is 35.8 Å². The van der Waals surface area contributed by atoms with Gasteiger partial charge in [-0.15, -0.1) is 0 Å². The maximum absolute atomic E-state index is 5.89. The van der Waals surface area contributed by atoms with Gasteiger partial charge >= 0.3 is 0 Å². The second kappa shape index (κ2) is 6.69. The second-order valence-corrected chi connectivity index (χ2v) is 4.97. The smallest absolute Gasteiger partial charge is 0.135 e. The van der Waals surface area contributed by atoms with Crippen molar-refractivity contribution in [1.29, 1.82) is 0 Å². The van der Waals surface area contributed by atoms with Crippen LogP contribution in [0.2, 0.25) is 0 Å². The Balaban J connectivity index is 2.92. The van der Waals surface area contributed by atoms with E-state index in [1.807, 2.05) is 25.6 Å². The van der Waals surface area contributed by atoms with E-state index in [9.17, 15) is 0 Å². The maximum atomic E-state index is 5.89. The zero-order chi connectivity index (χ0) is 12.8. The Morgan fingerprint density at radius 3 is 2.59 bits per heavy atom. The van der Waals surface area contributed by atoms with E-state index < -0.39 is 0 Å². The fourth-order valence-electron chi connectivity index (χ4n) is 1.54. The van der Waals surface area contributed by atoms with Crippen molar-refractivity contribution in [3.63, 3.8) is 0 Å². The Morgan fingerprint density at radius 1 is 1.35 bits per heavy atom. The molecule has 1 rings (SSSR count). The number of hydrogen-bond acceptors (Lipinski definition) is 5. The molecule has 0 aliphatic rings. The molecule has 1 unspecified atom stereocenters. The first kappa shape index (κ1) is 14.1. The maximum Gasteiger partial charge on any atom is 0.135 e. The molecule has 0 bridgehead atoms. The normalized spacial score (nSPS) is 12.5. The van der Waals surface area contributed by atoms with E-state index in [2.05, 4.69) is 28.5 Å². The van der Waals surface area contributed by atoms with Gasteiger partial charge in [-0.3, -0.25) is 0 Å². The highest BCUT2D eigenvalue weighted by molar-refractivity contribution is 7.98. The summed E-state index contributed by atoms with van der Waals surface area (Å²) in [6.07, 6.45) is 3.99. The second-order valence-electron chi connectivity index (χ2n) is 4.06. The largest absolute Gasteiger partial charge is 0.383 e. The van der Waals surface area contributed by atoms with Crippen LogP contribution in [-0.2, 0) is 6.42 Å². The SMILES string of the molecule is CCc1nc(N)c(C)c(NC(CC)CSC)n1. The number of nitrogen functional groups attached to an aromatic ring is 1. The van der Waals surface area contributed by atoms with E-state index in [-0.39, 0.29) is 0 Å². The van der Waals surface area contributed by atoms with Gasteiger partial charge < -0.3 is 11.1 Å². The van der Waals surface area contributed by atoms with Crippen LogP contribution in [0, 0.1) is 6.92 Å². The van der Waals surface area contributed by atoms with Crippen molar-refractivity contribution in [3.05, 3.63) is 11.4 Å². The van der Waals surface area contributed by atoms with Crippen molar-refractivity contribution < 1.29 is 0 Å². The summed E-state index contributed by atoms with van der Waals surface area (Å²) in [7, 11) is 0. The number of anilines is 2. The number of hydrogen-bond donors (Lipinski definition) is 2. The van der Waals surface area contributed by atoms with Crippen LogP contribution in [0.4, 0.5) is 11.6 Å². The first-order chi connectivity index (χ1) is 8.12. The van der Waals surface area contributed by atoms with Crippen LogP contribution in [-0.4, -0.2) is 28.0 Å². The van der Waals surface area contributed by atoms with E-state index >= 15 is 0 Å². The van der Waals surface area contributed by atoms with Gasteiger partial charge in [-0.25, -0.2) is 9.97 Å². The third-order valence-corrected chi connectivity index (χ3v) is 3.48. The third-order valence-electron chi connectivity index (χ3n) is 2.75. The fourth-order valence-corrected chi connectivity index (χ4v) is 2.26. The molecule has 0 radical (unpaired) electrons. The van der Waals surface area contributed by atoms with E-state index in [0.29, 0.717) is 11.9 Å². The Morgan fingerprint density at radius 2 is 2.06 bits per heavy atom. The molecular formula is C12H22N4S. The number of nitrogens with zero attached hydrogens (tertiary/aromatic N) is 2. The average Bonchev–Trinajstić information content (AvgIpc) is 2.33. The highest BCUT2D eigenvalue weighted by atomic mass is 32.2. The van der Waals surface area contributed by atoms with Crippen LogP contribution in [0.3, 0.4) is 0 Å². The Hall–Kier alpha value is -0.970. The lowest BCUT2D eigenvalue weighted by Gasteiger charge is -2.18. The van der Waals surface area contributed by atoms with Crippen molar-refractivity contribution in [2.75, 3.05) is 23.1 Å². The number of nitrogens with one attached hydrogen (secondary N) is 1.